The van der Waals surface area contributed by atoms with Gasteiger partial charge in [0.15, 0.2) is 0 Å². The average Bonchev–Trinajstić information content (AvgIpc) is 3.29. The van der Waals surface area contributed by atoms with Gasteiger partial charge in [-0.3, -0.25) is 14.9 Å². The van der Waals surface area contributed by atoms with Gasteiger partial charge in [-0.15, -0.1) is 0 Å². The Labute approximate surface area is 212 Å². The number of nitrogens with one attached hydrogen (secondary N) is 1. The summed E-state index contributed by atoms with van der Waals surface area (Å²) in [7, 11) is 4.09. The number of aliphatic imine (C=N–C) groups is 1. The molecular weight excluding hydrogens is 474 g/mol. The molecule has 9 nitrogen and oxygen atoms in total. The highest BCUT2D eigenvalue weighted by atomic mass is 16.5. The maximum absolute atomic E-state index is 13.7. The number of esters is 2. The van der Waals surface area contributed by atoms with E-state index in [4.69, 9.17) is 14.2 Å². The second-order valence-corrected chi connectivity index (χ2v) is 7.98. The average molecular weight is 500 g/mol. The molecule has 1 heterocycles. The molecule has 0 fully saturated rings. The number of H-pyrrole nitrogens is 1. The van der Waals surface area contributed by atoms with E-state index in [0.717, 1.165) is 5.56 Å². The molecule has 0 aliphatic heterocycles. The molecule has 0 saturated carbocycles. The van der Waals surface area contributed by atoms with E-state index in [1.54, 1.807) is 38.3 Å². The first-order chi connectivity index (χ1) is 17.9. The zero-order valence-electron chi connectivity index (χ0n) is 20.8. The standard InChI is InChI=1S/C28H25N3O6/c1-17(29-23-16-19(27(33)36-3)12-15-22(23)28(34)37-4)24-25(18-10-13-21(35-2)14-11-18)30-31(26(24)32)20-8-6-5-7-9-20/h5-16,30H,1-4H3. The summed E-state index contributed by atoms with van der Waals surface area (Å²) in [4.78, 5) is 42.8. The Bertz CT molecular complexity index is 1530. The van der Waals surface area contributed by atoms with Crippen LogP contribution in [0.15, 0.2) is 82.6 Å². The van der Waals surface area contributed by atoms with E-state index >= 15 is 0 Å². The number of para-hydroxylation sites is 1. The number of hydrogen-bond acceptors (Lipinski definition) is 7. The normalized spacial score (nSPS) is 11.2. The molecule has 0 spiro atoms. The van der Waals surface area contributed by atoms with Crippen LogP contribution < -0.4 is 10.3 Å². The highest BCUT2D eigenvalue weighted by Crippen LogP contribution is 2.27. The summed E-state index contributed by atoms with van der Waals surface area (Å²) in [5.74, 6) is -0.547. The van der Waals surface area contributed by atoms with Gasteiger partial charge in [-0.05, 0) is 61.5 Å². The molecule has 0 radical (unpaired) electrons. The number of ether oxygens (including phenoxy) is 3. The summed E-state index contributed by atoms with van der Waals surface area (Å²) < 4.78 is 16.4. The maximum atomic E-state index is 13.7. The zero-order valence-corrected chi connectivity index (χ0v) is 20.8. The number of nitrogens with zero attached hydrogens (tertiary/aromatic N) is 2. The van der Waals surface area contributed by atoms with Gasteiger partial charge in [-0.25, -0.2) is 14.3 Å². The van der Waals surface area contributed by atoms with Crippen LogP contribution in [-0.4, -0.2) is 48.8 Å². The predicted molar refractivity (Wildman–Crippen MR) is 139 cm³/mol. The van der Waals surface area contributed by atoms with Crippen molar-refractivity contribution in [3.63, 3.8) is 0 Å². The molecule has 0 aliphatic rings. The topological polar surface area (TPSA) is 112 Å². The number of aromatic nitrogens is 2. The maximum Gasteiger partial charge on any atom is 0.340 e. The molecule has 0 bridgehead atoms. The molecule has 1 aromatic heterocycles. The van der Waals surface area contributed by atoms with E-state index in [-0.39, 0.29) is 22.4 Å². The van der Waals surface area contributed by atoms with Crippen LogP contribution in [0.1, 0.15) is 33.2 Å². The third-order valence-corrected chi connectivity index (χ3v) is 5.76. The summed E-state index contributed by atoms with van der Waals surface area (Å²) in [6.07, 6.45) is 0. The second-order valence-electron chi connectivity index (χ2n) is 7.98. The lowest BCUT2D eigenvalue weighted by atomic mass is 10.0. The van der Waals surface area contributed by atoms with Gasteiger partial charge in [-0.1, -0.05) is 18.2 Å². The van der Waals surface area contributed by atoms with Crippen LogP contribution in [0, 0.1) is 0 Å². The van der Waals surface area contributed by atoms with Crippen LogP contribution >= 0.6 is 0 Å². The Balaban J connectivity index is 1.94. The van der Waals surface area contributed by atoms with E-state index in [2.05, 4.69) is 10.1 Å². The predicted octanol–water partition coefficient (Wildman–Crippen LogP) is 4.56. The molecule has 4 rings (SSSR count). The van der Waals surface area contributed by atoms with E-state index < -0.39 is 11.9 Å². The smallest absolute Gasteiger partial charge is 0.340 e. The molecule has 4 aromatic rings. The van der Waals surface area contributed by atoms with Gasteiger partial charge in [0.25, 0.3) is 5.56 Å². The number of rotatable bonds is 7. The summed E-state index contributed by atoms with van der Waals surface area (Å²) in [6.45, 7) is 1.67. The number of benzene rings is 3. The third-order valence-electron chi connectivity index (χ3n) is 5.76. The van der Waals surface area contributed by atoms with Gasteiger partial charge >= 0.3 is 11.9 Å². The van der Waals surface area contributed by atoms with Gasteiger partial charge in [0.05, 0.1) is 60.8 Å². The van der Waals surface area contributed by atoms with E-state index in [1.807, 2.05) is 30.3 Å². The molecule has 0 amide bonds. The minimum Gasteiger partial charge on any atom is -0.497 e. The minimum atomic E-state index is -0.630. The molecule has 188 valence electrons. The van der Waals surface area contributed by atoms with Crippen molar-refractivity contribution in [1.82, 2.24) is 9.78 Å². The van der Waals surface area contributed by atoms with Gasteiger partial charge in [0.1, 0.15) is 5.75 Å². The molecule has 1 N–H and O–H groups in total. The molecule has 0 aliphatic carbocycles. The van der Waals surface area contributed by atoms with Crippen LogP contribution in [-0.2, 0) is 9.47 Å². The first-order valence-corrected chi connectivity index (χ1v) is 11.3. The summed E-state index contributed by atoms with van der Waals surface area (Å²) in [6, 6.07) is 20.7. The van der Waals surface area contributed by atoms with Gasteiger partial charge in [0, 0.05) is 5.56 Å². The summed E-state index contributed by atoms with van der Waals surface area (Å²) in [5.41, 5.74) is 2.70. The number of methoxy groups -OCH3 is 3. The van der Waals surface area contributed by atoms with Gasteiger partial charge < -0.3 is 14.2 Å². The Hall–Kier alpha value is -4.92. The molecule has 0 saturated heterocycles. The van der Waals surface area contributed by atoms with Crippen molar-refractivity contribution < 1.29 is 23.8 Å². The fraction of sp³-hybridized carbons (Fsp3) is 0.143. The number of aromatic amines is 1. The van der Waals surface area contributed by atoms with E-state index in [9.17, 15) is 14.4 Å². The monoisotopic (exact) mass is 499 g/mol. The number of hydrogen-bond donors (Lipinski definition) is 1. The first kappa shape index (κ1) is 25.2. The molecule has 3 aromatic carbocycles. The van der Waals surface area contributed by atoms with E-state index in [1.165, 1.54) is 37.1 Å². The van der Waals surface area contributed by atoms with Crippen molar-refractivity contribution in [3.05, 3.63) is 99.8 Å². The number of carbonyl (C=O) groups is 2. The third kappa shape index (κ3) is 5.06. The second kappa shape index (κ2) is 10.8. The molecule has 0 unspecified atom stereocenters. The van der Waals surface area contributed by atoms with Crippen molar-refractivity contribution in [3.8, 4) is 22.7 Å². The summed E-state index contributed by atoms with van der Waals surface area (Å²) >= 11 is 0. The van der Waals surface area contributed by atoms with Crippen molar-refractivity contribution in [2.75, 3.05) is 21.3 Å². The fourth-order valence-electron chi connectivity index (χ4n) is 3.89. The largest absolute Gasteiger partial charge is 0.497 e. The lowest BCUT2D eigenvalue weighted by Gasteiger charge is -2.08. The highest BCUT2D eigenvalue weighted by Gasteiger charge is 2.21. The fourth-order valence-corrected chi connectivity index (χ4v) is 3.89. The zero-order chi connectivity index (χ0) is 26.5. The highest BCUT2D eigenvalue weighted by molar-refractivity contribution is 6.07. The Morgan fingerprint density at radius 3 is 2.16 bits per heavy atom. The Kier molecular flexibility index (Phi) is 7.34. The Morgan fingerprint density at radius 2 is 1.54 bits per heavy atom. The van der Waals surface area contributed by atoms with Crippen molar-refractivity contribution >= 4 is 23.3 Å². The SMILES string of the molecule is COC(=O)c1ccc(C(=O)OC)c(N=C(C)c2c(-c3ccc(OC)cc3)[nH]n(-c3ccccc3)c2=O)c1. The molecule has 9 heteroatoms. The van der Waals surface area contributed by atoms with Crippen molar-refractivity contribution in [1.29, 1.82) is 0 Å². The van der Waals surface area contributed by atoms with Crippen LogP contribution in [0.2, 0.25) is 0 Å². The van der Waals surface area contributed by atoms with E-state index in [0.29, 0.717) is 28.4 Å². The molecule has 37 heavy (non-hydrogen) atoms. The quantitative estimate of drug-likeness (QED) is 0.295. The van der Waals surface area contributed by atoms with Crippen molar-refractivity contribution in [2.45, 2.75) is 6.92 Å². The van der Waals surface area contributed by atoms with Crippen LogP contribution in [0.3, 0.4) is 0 Å². The minimum absolute atomic E-state index is 0.138. The summed E-state index contributed by atoms with van der Waals surface area (Å²) in [5, 5.41) is 3.19. The van der Waals surface area contributed by atoms with Crippen molar-refractivity contribution in [2.24, 2.45) is 4.99 Å². The van der Waals surface area contributed by atoms with Crippen LogP contribution in [0.4, 0.5) is 5.69 Å². The first-order valence-electron chi connectivity index (χ1n) is 11.3. The molecule has 0 atom stereocenters. The van der Waals surface area contributed by atoms with Gasteiger partial charge in [0.2, 0.25) is 0 Å². The Morgan fingerprint density at radius 1 is 0.865 bits per heavy atom. The van der Waals surface area contributed by atoms with Gasteiger partial charge in [-0.2, -0.15) is 0 Å². The molecular formula is C28H25N3O6. The lowest BCUT2D eigenvalue weighted by molar-refractivity contribution is 0.0587. The van der Waals surface area contributed by atoms with Crippen LogP contribution in [0.5, 0.6) is 5.75 Å². The number of carbonyl (C=O) groups excluding carboxylic acids is 2. The van der Waals surface area contributed by atoms with Crippen LogP contribution in [0.25, 0.3) is 16.9 Å². The lowest BCUT2D eigenvalue weighted by Crippen LogP contribution is -2.19.